The van der Waals surface area contributed by atoms with Crippen LogP contribution in [0.1, 0.15) is 25.7 Å². The summed E-state index contributed by atoms with van der Waals surface area (Å²) < 4.78 is 31.6. The van der Waals surface area contributed by atoms with Gasteiger partial charge in [0.25, 0.3) is 0 Å². The predicted molar refractivity (Wildman–Crippen MR) is 67.3 cm³/mol. The molecule has 94 valence electrons. The summed E-state index contributed by atoms with van der Waals surface area (Å²) in [5.74, 6) is -1.24. The van der Waals surface area contributed by atoms with Crippen LogP contribution in [0, 0.1) is 17.6 Å². The first-order valence-electron chi connectivity index (χ1n) is 5.99. The lowest BCUT2D eigenvalue weighted by Gasteiger charge is -2.25. The topological polar surface area (TPSA) is 9.23 Å². The Kier molecular flexibility index (Phi) is 4.33. The van der Waals surface area contributed by atoms with Crippen LogP contribution in [-0.2, 0) is 0 Å². The SMILES string of the molecule is Fc1cccc(OCC2CCC(P)CC2)c1F. The van der Waals surface area contributed by atoms with E-state index in [1.807, 2.05) is 0 Å². The monoisotopic (exact) mass is 258 g/mol. The van der Waals surface area contributed by atoms with Gasteiger partial charge in [0.05, 0.1) is 6.61 Å². The molecule has 0 amide bonds. The Bertz CT molecular complexity index is 376. The fraction of sp³-hybridized carbons (Fsp3) is 0.538. The summed E-state index contributed by atoms with van der Waals surface area (Å²) in [6, 6.07) is 4.04. The van der Waals surface area contributed by atoms with Crippen LogP contribution < -0.4 is 4.74 Å². The lowest BCUT2D eigenvalue weighted by atomic mass is 9.89. The van der Waals surface area contributed by atoms with Crippen molar-refractivity contribution in [1.82, 2.24) is 0 Å². The highest BCUT2D eigenvalue weighted by Gasteiger charge is 2.19. The third-order valence-corrected chi connectivity index (χ3v) is 3.95. The van der Waals surface area contributed by atoms with Crippen molar-refractivity contribution in [2.75, 3.05) is 6.61 Å². The molecule has 1 aliphatic rings. The van der Waals surface area contributed by atoms with E-state index in [-0.39, 0.29) is 5.75 Å². The Morgan fingerprint density at radius 1 is 1.18 bits per heavy atom. The van der Waals surface area contributed by atoms with Gasteiger partial charge in [-0.3, -0.25) is 0 Å². The maximum absolute atomic E-state index is 13.3. The molecule has 0 heterocycles. The molecule has 0 N–H and O–H groups in total. The summed E-state index contributed by atoms with van der Waals surface area (Å²) in [4.78, 5) is 0. The van der Waals surface area contributed by atoms with Crippen LogP contribution in [0.25, 0.3) is 0 Å². The molecule has 2 rings (SSSR count). The maximum Gasteiger partial charge on any atom is 0.200 e. The first-order valence-corrected chi connectivity index (χ1v) is 6.66. The number of rotatable bonds is 3. The van der Waals surface area contributed by atoms with Crippen molar-refractivity contribution in [3.63, 3.8) is 0 Å². The maximum atomic E-state index is 13.3. The van der Waals surface area contributed by atoms with E-state index in [0.29, 0.717) is 18.2 Å². The largest absolute Gasteiger partial charge is 0.490 e. The first-order chi connectivity index (χ1) is 8.16. The summed E-state index contributed by atoms with van der Waals surface area (Å²) in [5.41, 5.74) is 0.706. The van der Waals surface area contributed by atoms with Crippen molar-refractivity contribution < 1.29 is 13.5 Å². The van der Waals surface area contributed by atoms with Crippen LogP contribution in [-0.4, -0.2) is 12.3 Å². The summed E-state index contributed by atoms with van der Waals surface area (Å²) in [6.07, 6.45) is 4.55. The van der Waals surface area contributed by atoms with Crippen LogP contribution in [0.5, 0.6) is 5.75 Å². The van der Waals surface area contributed by atoms with Crippen molar-refractivity contribution in [3.8, 4) is 5.75 Å². The molecule has 1 aliphatic carbocycles. The van der Waals surface area contributed by atoms with Gasteiger partial charge in [-0.25, -0.2) is 4.39 Å². The molecule has 0 aromatic heterocycles. The average molecular weight is 258 g/mol. The van der Waals surface area contributed by atoms with E-state index in [0.717, 1.165) is 18.9 Å². The molecule has 0 aliphatic heterocycles. The van der Waals surface area contributed by atoms with Gasteiger partial charge >= 0.3 is 0 Å². The average Bonchev–Trinajstić information content (AvgIpc) is 2.33. The molecule has 1 atom stereocenters. The zero-order valence-corrected chi connectivity index (χ0v) is 10.8. The molecule has 0 saturated heterocycles. The highest BCUT2D eigenvalue weighted by atomic mass is 31.0. The quantitative estimate of drug-likeness (QED) is 0.750. The van der Waals surface area contributed by atoms with Crippen LogP contribution >= 0.6 is 9.24 Å². The van der Waals surface area contributed by atoms with Crippen molar-refractivity contribution in [2.45, 2.75) is 31.3 Å². The lowest BCUT2D eigenvalue weighted by Crippen LogP contribution is -2.20. The van der Waals surface area contributed by atoms with Crippen molar-refractivity contribution in [2.24, 2.45) is 5.92 Å². The van der Waals surface area contributed by atoms with Gasteiger partial charge in [0.1, 0.15) is 0 Å². The van der Waals surface area contributed by atoms with Crippen LogP contribution in [0.3, 0.4) is 0 Å². The fourth-order valence-corrected chi connectivity index (χ4v) is 2.54. The molecular formula is C13H17F2OP. The third kappa shape index (κ3) is 3.38. The smallest absolute Gasteiger partial charge is 0.200 e. The number of hydrogen-bond donors (Lipinski definition) is 0. The predicted octanol–water partition coefficient (Wildman–Crippen LogP) is 3.78. The molecular weight excluding hydrogens is 241 g/mol. The summed E-state index contributed by atoms with van der Waals surface area (Å²) in [7, 11) is 2.84. The second kappa shape index (κ2) is 5.77. The normalized spacial score (nSPS) is 24.6. The Morgan fingerprint density at radius 3 is 2.59 bits per heavy atom. The molecule has 0 spiro atoms. The van der Waals surface area contributed by atoms with Gasteiger partial charge in [-0.1, -0.05) is 6.07 Å². The van der Waals surface area contributed by atoms with E-state index < -0.39 is 11.6 Å². The highest BCUT2D eigenvalue weighted by molar-refractivity contribution is 7.17. The number of benzene rings is 1. The fourth-order valence-electron chi connectivity index (χ4n) is 2.16. The Labute approximate surface area is 103 Å². The Morgan fingerprint density at radius 2 is 1.88 bits per heavy atom. The molecule has 1 aromatic carbocycles. The van der Waals surface area contributed by atoms with E-state index in [2.05, 4.69) is 9.24 Å². The third-order valence-electron chi connectivity index (χ3n) is 3.28. The number of hydrogen-bond acceptors (Lipinski definition) is 1. The van der Waals surface area contributed by atoms with Gasteiger partial charge < -0.3 is 4.74 Å². The molecule has 1 fully saturated rings. The van der Waals surface area contributed by atoms with E-state index in [1.54, 1.807) is 0 Å². The zero-order valence-electron chi connectivity index (χ0n) is 9.66. The summed E-state index contributed by atoms with van der Waals surface area (Å²) in [5, 5.41) is 0. The molecule has 1 aromatic rings. The van der Waals surface area contributed by atoms with Crippen molar-refractivity contribution in [1.29, 1.82) is 0 Å². The molecule has 1 unspecified atom stereocenters. The van der Waals surface area contributed by atoms with Gasteiger partial charge in [-0.2, -0.15) is 4.39 Å². The van der Waals surface area contributed by atoms with E-state index in [4.69, 9.17) is 4.74 Å². The van der Waals surface area contributed by atoms with Gasteiger partial charge in [0.15, 0.2) is 11.6 Å². The van der Waals surface area contributed by atoms with Gasteiger partial charge in [-0.05, 0) is 49.4 Å². The van der Waals surface area contributed by atoms with Crippen LogP contribution in [0.4, 0.5) is 8.78 Å². The van der Waals surface area contributed by atoms with E-state index >= 15 is 0 Å². The Hall–Kier alpha value is -0.690. The minimum Gasteiger partial charge on any atom is -0.490 e. The van der Waals surface area contributed by atoms with Crippen LogP contribution in [0.15, 0.2) is 18.2 Å². The van der Waals surface area contributed by atoms with Gasteiger partial charge in [0.2, 0.25) is 5.82 Å². The second-order valence-corrected chi connectivity index (χ2v) is 5.59. The Balaban J connectivity index is 1.87. The van der Waals surface area contributed by atoms with Crippen LogP contribution in [0.2, 0.25) is 0 Å². The highest BCUT2D eigenvalue weighted by Crippen LogP contribution is 2.29. The number of halogens is 2. The lowest BCUT2D eigenvalue weighted by molar-refractivity contribution is 0.202. The molecule has 0 radical (unpaired) electrons. The molecule has 4 heteroatoms. The van der Waals surface area contributed by atoms with E-state index in [1.165, 1.54) is 25.0 Å². The second-order valence-electron chi connectivity index (χ2n) is 4.64. The van der Waals surface area contributed by atoms with Gasteiger partial charge in [-0.15, -0.1) is 9.24 Å². The molecule has 1 saturated carbocycles. The summed E-state index contributed by atoms with van der Waals surface area (Å²) >= 11 is 0. The summed E-state index contributed by atoms with van der Waals surface area (Å²) in [6.45, 7) is 0.484. The van der Waals surface area contributed by atoms with Crippen molar-refractivity contribution in [3.05, 3.63) is 29.8 Å². The first kappa shape index (κ1) is 12.8. The molecule has 0 bridgehead atoms. The van der Waals surface area contributed by atoms with E-state index in [9.17, 15) is 8.78 Å². The molecule has 1 nitrogen and oxygen atoms in total. The van der Waals surface area contributed by atoms with Crippen molar-refractivity contribution >= 4 is 9.24 Å². The standard InChI is InChI=1S/C13H17F2OP/c14-11-2-1-3-12(13(11)15)16-8-9-4-6-10(17)7-5-9/h1-3,9-10H,4-8,17H2. The number of ether oxygens (including phenoxy) is 1. The zero-order chi connectivity index (χ0) is 12.3. The molecule has 17 heavy (non-hydrogen) atoms. The van der Waals surface area contributed by atoms with Gasteiger partial charge in [0, 0.05) is 0 Å². The minimum atomic E-state index is -0.882. The minimum absolute atomic E-state index is 0.0259.